The molecule has 0 aliphatic rings. The topological polar surface area (TPSA) is 107 Å². The van der Waals surface area contributed by atoms with Crippen LogP contribution >= 0.6 is 45.2 Å². The molecule has 0 aromatic heterocycles. The van der Waals surface area contributed by atoms with Crippen LogP contribution < -0.4 is 9.47 Å². The van der Waals surface area contributed by atoms with Crippen molar-refractivity contribution in [2.75, 3.05) is 0 Å². The number of esters is 2. The van der Waals surface area contributed by atoms with E-state index in [-0.39, 0.29) is 17.8 Å². The molecule has 2 aromatic rings. The Kier molecular flexibility index (Phi) is 6.76. The lowest BCUT2D eigenvalue weighted by atomic mass is 10.3. The monoisotopic (exact) mass is 588 g/mol. The van der Waals surface area contributed by atoms with Gasteiger partial charge in [0.25, 0.3) is 10.1 Å². The van der Waals surface area contributed by atoms with Crippen molar-refractivity contribution >= 4 is 67.2 Å². The molecule has 2 rings (SSSR count). The molecular weight excluding hydrogens is 578 g/mol. The molecule has 0 saturated heterocycles. The molecule has 0 aliphatic carbocycles. The first-order valence-electron chi connectivity index (χ1n) is 6.60. The van der Waals surface area contributed by atoms with Gasteiger partial charge in [0.1, 0.15) is 22.8 Å². The summed E-state index contributed by atoms with van der Waals surface area (Å²) >= 11 is 3.39. The lowest BCUT2D eigenvalue weighted by Crippen LogP contribution is -2.18. The van der Waals surface area contributed by atoms with Crippen molar-refractivity contribution in [2.45, 2.75) is 11.3 Å². The fourth-order valence-electron chi connectivity index (χ4n) is 1.78. The molecule has 2 aromatic carbocycles. The van der Waals surface area contributed by atoms with E-state index in [1.165, 1.54) is 12.1 Å². The second-order valence-electron chi connectivity index (χ2n) is 4.63. The lowest BCUT2D eigenvalue weighted by Gasteiger charge is -2.09. The van der Waals surface area contributed by atoms with E-state index in [2.05, 4.69) is 0 Å². The summed E-state index contributed by atoms with van der Waals surface area (Å²) in [7, 11) is -4.39. The molecule has 7 nitrogen and oxygen atoms in total. The predicted molar refractivity (Wildman–Crippen MR) is 104 cm³/mol. The Morgan fingerprint density at radius 2 is 1.40 bits per heavy atom. The minimum atomic E-state index is -4.39. The number of rotatable bonds is 5. The third-order valence-electron chi connectivity index (χ3n) is 2.73. The van der Waals surface area contributed by atoms with Gasteiger partial charge in [-0.25, -0.2) is 0 Å². The number of halogens is 2. The van der Waals surface area contributed by atoms with E-state index in [1.807, 2.05) is 0 Å². The zero-order valence-electron chi connectivity index (χ0n) is 12.3. The Balaban J connectivity index is 2.05. The molecule has 0 bridgehead atoms. The van der Waals surface area contributed by atoms with Crippen LogP contribution in [0.15, 0.2) is 47.4 Å². The summed E-state index contributed by atoms with van der Waals surface area (Å²) in [5.41, 5.74) is 0. The summed E-state index contributed by atoms with van der Waals surface area (Å²) in [6.45, 7) is 0. The summed E-state index contributed by atoms with van der Waals surface area (Å²) in [5.74, 6) is -1.28. The fraction of sp³-hybridized carbons (Fsp3) is 0.0667. The number of para-hydroxylation sites is 1. The maximum absolute atomic E-state index is 11.8. The van der Waals surface area contributed by atoms with Gasteiger partial charge in [-0.05, 0) is 69.4 Å². The van der Waals surface area contributed by atoms with Crippen LogP contribution in [0.3, 0.4) is 0 Å². The van der Waals surface area contributed by atoms with Crippen molar-refractivity contribution in [3.05, 3.63) is 49.6 Å². The Morgan fingerprint density at radius 1 is 0.920 bits per heavy atom. The quantitative estimate of drug-likeness (QED) is 0.188. The van der Waals surface area contributed by atoms with Gasteiger partial charge in [-0.3, -0.25) is 14.1 Å². The summed E-state index contributed by atoms with van der Waals surface area (Å²) in [4.78, 5) is 23.2. The molecule has 0 radical (unpaired) electrons. The van der Waals surface area contributed by atoms with Crippen molar-refractivity contribution < 1.29 is 32.0 Å². The van der Waals surface area contributed by atoms with Crippen LogP contribution in [0.4, 0.5) is 0 Å². The van der Waals surface area contributed by atoms with Crippen LogP contribution in [0.2, 0.25) is 0 Å². The highest BCUT2D eigenvalue weighted by molar-refractivity contribution is 14.1. The summed E-state index contributed by atoms with van der Waals surface area (Å²) < 4.78 is 42.2. The number of carbonyl (C=O) groups excluding carboxylic acids is 2. The third-order valence-corrected chi connectivity index (χ3v) is 6.11. The molecule has 1 N–H and O–H groups in total. The molecular formula is C15H10I2O7S. The normalized spacial score (nSPS) is 11.0. The number of ether oxygens (including phenoxy) is 2. The fourth-order valence-corrected chi connectivity index (χ4v) is 5.77. The summed E-state index contributed by atoms with van der Waals surface area (Å²) in [6.07, 6.45) is -0.609. The van der Waals surface area contributed by atoms with Crippen LogP contribution in [0.1, 0.15) is 6.42 Å². The van der Waals surface area contributed by atoms with E-state index >= 15 is 0 Å². The Hall–Kier alpha value is -1.25. The van der Waals surface area contributed by atoms with Gasteiger partial charge in [0.2, 0.25) is 0 Å². The van der Waals surface area contributed by atoms with E-state index in [9.17, 15) is 22.6 Å². The SMILES string of the molecule is O=C(CC(=O)Oc1cc(I)c(S(=O)(=O)O)c(I)c1)Oc1ccccc1. The first-order valence-corrected chi connectivity index (χ1v) is 10.2. The van der Waals surface area contributed by atoms with E-state index in [4.69, 9.17) is 9.47 Å². The zero-order chi connectivity index (χ0) is 18.6. The Morgan fingerprint density at radius 3 is 1.88 bits per heavy atom. The first kappa shape index (κ1) is 20.1. The first-order chi connectivity index (χ1) is 11.7. The molecule has 0 aliphatic heterocycles. The highest BCUT2D eigenvalue weighted by Gasteiger charge is 2.21. The van der Waals surface area contributed by atoms with Gasteiger partial charge in [-0.1, -0.05) is 18.2 Å². The van der Waals surface area contributed by atoms with E-state index in [0.29, 0.717) is 5.75 Å². The van der Waals surface area contributed by atoms with Crippen molar-refractivity contribution in [3.8, 4) is 11.5 Å². The molecule has 0 saturated carbocycles. The molecule has 0 unspecified atom stereocenters. The molecule has 132 valence electrons. The lowest BCUT2D eigenvalue weighted by molar-refractivity contribution is -0.144. The summed E-state index contributed by atoms with van der Waals surface area (Å²) in [5, 5.41) is 0. The number of benzene rings is 2. The molecule has 10 heteroatoms. The van der Waals surface area contributed by atoms with Gasteiger partial charge in [0.05, 0.1) is 0 Å². The van der Waals surface area contributed by atoms with Gasteiger partial charge in [0, 0.05) is 7.14 Å². The van der Waals surface area contributed by atoms with Gasteiger partial charge >= 0.3 is 11.9 Å². The van der Waals surface area contributed by atoms with E-state index in [1.54, 1.807) is 75.5 Å². The van der Waals surface area contributed by atoms with Crippen molar-refractivity contribution in [1.29, 1.82) is 0 Å². The minimum absolute atomic E-state index is 0.0544. The highest BCUT2D eigenvalue weighted by Crippen LogP contribution is 2.29. The summed E-state index contributed by atoms with van der Waals surface area (Å²) in [6, 6.07) is 10.8. The van der Waals surface area contributed by atoms with E-state index in [0.717, 1.165) is 0 Å². The minimum Gasteiger partial charge on any atom is -0.426 e. The van der Waals surface area contributed by atoms with Crippen LogP contribution in [0.25, 0.3) is 0 Å². The average Bonchev–Trinajstić information content (AvgIpc) is 2.45. The number of hydrogen-bond donors (Lipinski definition) is 1. The molecule has 0 amide bonds. The predicted octanol–water partition coefficient (Wildman–Crippen LogP) is 3.04. The van der Waals surface area contributed by atoms with Gasteiger partial charge < -0.3 is 9.47 Å². The second-order valence-corrected chi connectivity index (χ2v) is 8.31. The van der Waals surface area contributed by atoms with E-state index < -0.39 is 28.5 Å². The van der Waals surface area contributed by atoms with Gasteiger partial charge in [-0.2, -0.15) is 8.42 Å². The Labute approximate surface area is 170 Å². The second kappa shape index (κ2) is 8.42. The van der Waals surface area contributed by atoms with Crippen LogP contribution in [0, 0.1) is 7.14 Å². The molecule has 0 spiro atoms. The standard InChI is InChI=1S/C15H10I2O7S/c16-11-6-10(7-12(17)15(11)25(20,21)22)24-14(19)8-13(18)23-9-4-2-1-3-5-9/h1-7H,8H2,(H,20,21,22). The smallest absolute Gasteiger partial charge is 0.322 e. The number of carbonyl (C=O) groups is 2. The number of hydrogen-bond acceptors (Lipinski definition) is 6. The molecule has 25 heavy (non-hydrogen) atoms. The van der Waals surface area contributed by atoms with Crippen molar-refractivity contribution in [3.63, 3.8) is 0 Å². The third kappa shape index (κ3) is 5.90. The maximum Gasteiger partial charge on any atom is 0.322 e. The molecule has 0 fully saturated rings. The van der Waals surface area contributed by atoms with Crippen molar-refractivity contribution in [2.24, 2.45) is 0 Å². The van der Waals surface area contributed by atoms with Crippen LogP contribution in [-0.4, -0.2) is 24.9 Å². The molecule has 0 heterocycles. The largest absolute Gasteiger partial charge is 0.426 e. The molecule has 0 atom stereocenters. The maximum atomic E-state index is 11.8. The van der Waals surface area contributed by atoms with Gasteiger partial charge in [0.15, 0.2) is 0 Å². The van der Waals surface area contributed by atoms with Gasteiger partial charge in [-0.15, -0.1) is 0 Å². The van der Waals surface area contributed by atoms with Crippen molar-refractivity contribution in [1.82, 2.24) is 0 Å². The zero-order valence-corrected chi connectivity index (χ0v) is 17.4. The van der Waals surface area contributed by atoms with Crippen LogP contribution in [-0.2, 0) is 19.7 Å². The van der Waals surface area contributed by atoms with Crippen LogP contribution in [0.5, 0.6) is 11.5 Å². The average molecular weight is 588 g/mol. The highest BCUT2D eigenvalue weighted by atomic mass is 127. The Bertz CT molecular complexity index is 888.